The van der Waals surface area contributed by atoms with Gasteiger partial charge in [0.25, 0.3) is 5.56 Å². The van der Waals surface area contributed by atoms with Crippen molar-refractivity contribution < 1.29 is 0 Å². The third-order valence-corrected chi connectivity index (χ3v) is 2.83. The standard InChI is InChI=1S/C13H24N4O/c1-4-8-16(3)12-10-13(18)17(15-11-12)9-6-7-14-5-2/h10-11,14H,4-9H2,1-3H3. The molecule has 0 atom stereocenters. The lowest BCUT2D eigenvalue weighted by molar-refractivity contribution is 0.527. The van der Waals surface area contributed by atoms with Crippen LogP contribution >= 0.6 is 0 Å². The van der Waals surface area contributed by atoms with E-state index in [0.29, 0.717) is 6.54 Å². The predicted molar refractivity (Wildman–Crippen MR) is 75.2 cm³/mol. The summed E-state index contributed by atoms with van der Waals surface area (Å²) in [5.74, 6) is 0. The molecule has 18 heavy (non-hydrogen) atoms. The molecule has 0 aliphatic heterocycles. The Morgan fingerprint density at radius 2 is 2.22 bits per heavy atom. The van der Waals surface area contributed by atoms with Crippen LogP contribution in [0.1, 0.15) is 26.7 Å². The van der Waals surface area contributed by atoms with Gasteiger partial charge in [-0.3, -0.25) is 4.79 Å². The Morgan fingerprint density at radius 1 is 1.44 bits per heavy atom. The Morgan fingerprint density at radius 3 is 2.83 bits per heavy atom. The number of aromatic nitrogens is 2. The molecule has 1 aromatic heterocycles. The second-order valence-electron chi connectivity index (χ2n) is 4.40. The molecular formula is C13H24N4O. The van der Waals surface area contributed by atoms with Gasteiger partial charge in [0.15, 0.2) is 0 Å². The smallest absolute Gasteiger partial charge is 0.268 e. The maximum atomic E-state index is 11.9. The van der Waals surface area contributed by atoms with Crippen molar-refractivity contribution in [2.75, 3.05) is 31.6 Å². The molecule has 0 aliphatic carbocycles. The molecule has 0 spiro atoms. The van der Waals surface area contributed by atoms with Crippen LogP contribution in [-0.2, 0) is 6.54 Å². The zero-order valence-corrected chi connectivity index (χ0v) is 11.6. The lowest BCUT2D eigenvalue weighted by Gasteiger charge is -2.17. The number of hydrogen-bond acceptors (Lipinski definition) is 4. The van der Waals surface area contributed by atoms with Gasteiger partial charge in [0, 0.05) is 26.2 Å². The highest BCUT2D eigenvalue weighted by Crippen LogP contribution is 2.06. The highest BCUT2D eigenvalue weighted by molar-refractivity contribution is 5.41. The number of nitrogens with one attached hydrogen (secondary N) is 1. The molecule has 0 bridgehead atoms. The third-order valence-electron chi connectivity index (χ3n) is 2.83. The average molecular weight is 252 g/mol. The van der Waals surface area contributed by atoms with Crippen LogP contribution in [0.3, 0.4) is 0 Å². The lowest BCUT2D eigenvalue weighted by Crippen LogP contribution is -2.27. The summed E-state index contributed by atoms with van der Waals surface area (Å²) in [4.78, 5) is 13.9. The van der Waals surface area contributed by atoms with Crippen molar-refractivity contribution in [3.8, 4) is 0 Å². The summed E-state index contributed by atoms with van der Waals surface area (Å²) >= 11 is 0. The van der Waals surface area contributed by atoms with Gasteiger partial charge < -0.3 is 10.2 Å². The van der Waals surface area contributed by atoms with E-state index in [-0.39, 0.29) is 5.56 Å². The molecule has 5 nitrogen and oxygen atoms in total. The molecular weight excluding hydrogens is 228 g/mol. The summed E-state index contributed by atoms with van der Waals surface area (Å²) in [5.41, 5.74) is 0.872. The summed E-state index contributed by atoms with van der Waals surface area (Å²) in [6.07, 6.45) is 3.75. The molecule has 5 heteroatoms. The molecule has 0 saturated heterocycles. The van der Waals surface area contributed by atoms with Gasteiger partial charge in [-0.05, 0) is 25.9 Å². The Bertz CT molecular complexity index is 402. The number of anilines is 1. The van der Waals surface area contributed by atoms with E-state index in [1.807, 2.05) is 7.05 Å². The number of hydrogen-bond donors (Lipinski definition) is 1. The van der Waals surface area contributed by atoms with Crippen LogP contribution in [0, 0.1) is 0 Å². The molecule has 0 fully saturated rings. The largest absolute Gasteiger partial charge is 0.373 e. The average Bonchev–Trinajstić information content (AvgIpc) is 2.36. The van der Waals surface area contributed by atoms with Crippen molar-refractivity contribution in [1.82, 2.24) is 15.1 Å². The minimum absolute atomic E-state index is 0.0213. The number of aryl methyl sites for hydroxylation is 1. The Labute approximate surface area is 109 Å². The molecule has 0 unspecified atom stereocenters. The van der Waals surface area contributed by atoms with Crippen LogP contribution in [0.15, 0.2) is 17.1 Å². The van der Waals surface area contributed by atoms with Crippen LogP contribution < -0.4 is 15.8 Å². The normalized spacial score (nSPS) is 10.6. The number of nitrogens with zero attached hydrogens (tertiary/aromatic N) is 3. The second-order valence-corrected chi connectivity index (χ2v) is 4.40. The topological polar surface area (TPSA) is 50.2 Å². The maximum absolute atomic E-state index is 11.9. The molecule has 1 rings (SSSR count). The molecule has 102 valence electrons. The van der Waals surface area contributed by atoms with Crippen molar-refractivity contribution in [1.29, 1.82) is 0 Å². The minimum atomic E-state index is -0.0213. The van der Waals surface area contributed by atoms with Gasteiger partial charge in [-0.1, -0.05) is 13.8 Å². The van der Waals surface area contributed by atoms with Crippen molar-refractivity contribution >= 4 is 5.69 Å². The molecule has 1 aromatic rings. The van der Waals surface area contributed by atoms with Gasteiger partial charge >= 0.3 is 0 Å². The summed E-state index contributed by atoms with van der Waals surface area (Å²) < 4.78 is 1.53. The predicted octanol–water partition coefficient (Wildman–Crippen LogP) is 1.09. The number of rotatable bonds is 8. The summed E-state index contributed by atoms with van der Waals surface area (Å²) in [7, 11) is 1.98. The van der Waals surface area contributed by atoms with Crippen molar-refractivity contribution in [2.45, 2.75) is 33.2 Å². The van der Waals surface area contributed by atoms with E-state index >= 15 is 0 Å². The van der Waals surface area contributed by atoms with E-state index in [9.17, 15) is 4.79 Å². The van der Waals surface area contributed by atoms with Crippen molar-refractivity contribution in [3.63, 3.8) is 0 Å². The molecule has 0 amide bonds. The first kappa shape index (κ1) is 14.7. The van der Waals surface area contributed by atoms with Crippen LogP contribution in [0.4, 0.5) is 5.69 Å². The van der Waals surface area contributed by atoms with E-state index in [2.05, 4.69) is 29.2 Å². The van der Waals surface area contributed by atoms with Gasteiger partial charge in [-0.15, -0.1) is 0 Å². The monoisotopic (exact) mass is 252 g/mol. The maximum Gasteiger partial charge on any atom is 0.268 e. The zero-order chi connectivity index (χ0) is 13.4. The van der Waals surface area contributed by atoms with E-state index in [4.69, 9.17) is 0 Å². The van der Waals surface area contributed by atoms with Crippen LogP contribution in [0.25, 0.3) is 0 Å². The Hall–Kier alpha value is -1.36. The van der Waals surface area contributed by atoms with Gasteiger partial charge in [-0.2, -0.15) is 5.10 Å². The van der Waals surface area contributed by atoms with E-state index in [1.165, 1.54) is 4.68 Å². The fourth-order valence-corrected chi connectivity index (χ4v) is 1.80. The first-order valence-corrected chi connectivity index (χ1v) is 6.68. The Balaban J connectivity index is 2.59. The zero-order valence-electron chi connectivity index (χ0n) is 11.6. The minimum Gasteiger partial charge on any atom is -0.373 e. The molecule has 0 aromatic carbocycles. The van der Waals surface area contributed by atoms with Crippen molar-refractivity contribution in [2.24, 2.45) is 0 Å². The second kappa shape index (κ2) is 7.87. The molecule has 1 N–H and O–H groups in total. The van der Waals surface area contributed by atoms with Gasteiger partial charge in [0.1, 0.15) is 0 Å². The van der Waals surface area contributed by atoms with Crippen LogP contribution in [-0.4, -0.2) is 36.5 Å². The summed E-state index contributed by atoms with van der Waals surface area (Å²) in [6.45, 7) is 7.68. The first-order valence-electron chi connectivity index (χ1n) is 6.68. The van der Waals surface area contributed by atoms with E-state index in [1.54, 1.807) is 12.3 Å². The summed E-state index contributed by atoms with van der Waals surface area (Å²) in [6, 6.07) is 1.66. The molecule has 0 saturated carbocycles. The van der Waals surface area contributed by atoms with Crippen LogP contribution in [0.5, 0.6) is 0 Å². The first-order chi connectivity index (χ1) is 8.69. The summed E-state index contributed by atoms with van der Waals surface area (Å²) in [5, 5.41) is 7.45. The highest BCUT2D eigenvalue weighted by Gasteiger charge is 2.03. The third kappa shape index (κ3) is 4.49. The Kier molecular flexibility index (Phi) is 6.43. The van der Waals surface area contributed by atoms with E-state index in [0.717, 1.165) is 38.2 Å². The molecule has 0 aliphatic rings. The SMILES string of the molecule is CCCN(C)c1cnn(CCCNCC)c(=O)c1. The van der Waals surface area contributed by atoms with Crippen molar-refractivity contribution in [3.05, 3.63) is 22.6 Å². The fraction of sp³-hybridized carbons (Fsp3) is 0.692. The molecule has 0 radical (unpaired) electrons. The van der Waals surface area contributed by atoms with E-state index < -0.39 is 0 Å². The van der Waals surface area contributed by atoms with Gasteiger partial charge in [-0.25, -0.2) is 4.68 Å². The van der Waals surface area contributed by atoms with Crippen LogP contribution in [0.2, 0.25) is 0 Å². The molecule has 1 heterocycles. The fourth-order valence-electron chi connectivity index (χ4n) is 1.80. The lowest BCUT2D eigenvalue weighted by atomic mass is 10.3. The van der Waals surface area contributed by atoms with Gasteiger partial charge in [0.2, 0.25) is 0 Å². The quantitative estimate of drug-likeness (QED) is 0.704. The highest BCUT2D eigenvalue weighted by atomic mass is 16.1. The van der Waals surface area contributed by atoms with Gasteiger partial charge in [0.05, 0.1) is 11.9 Å².